The summed E-state index contributed by atoms with van der Waals surface area (Å²) >= 11 is 18.3. The molecule has 0 aliphatic rings. The summed E-state index contributed by atoms with van der Waals surface area (Å²) in [7, 11) is 0. The highest BCUT2D eigenvalue weighted by Gasteiger charge is 2.17. The monoisotopic (exact) mass is 361 g/mol. The highest BCUT2D eigenvalue weighted by atomic mass is 35.5. The summed E-state index contributed by atoms with van der Waals surface area (Å²) in [5, 5.41) is 1.70. The normalized spacial score (nSPS) is 11.1. The largest absolute Gasteiger partial charge is 0.424 e. The Kier molecular flexibility index (Phi) is 6.42. The molecule has 0 radical (unpaired) electrons. The Labute approximate surface area is 144 Å². The number of hydrogen-bond acceptors (Lipinski definition) is 2. The highest BCUT2D eigenvalue weighted by Crippen LogP contribution is 2.40. The minimum Gasteiger partial charge on any atom is -0.424 e. The van der Waals surface area contributed by atoms with Crippen molar-refractivity contribution < 1.29 is 9.53 Å². The van der Waals surface area contributed by atoms with Gasteiger partial charge in [-0.15, -0.1) is 0 Å². The Bertz CT molecular complexity index is 667. The number of unbranched alkanes of at least 4 members (excludes halogenated alkanes) is 4. The van der Waals surface area contributed by atoms with Gasteiger partial charge in [0, 0.05) is 12.6 Å². The number of nitrogens with one attached hydrogen (secondary N) is 1. The number of hydrogen-bond donors (Lipinski definition) is 1. The molecule has 6 heteroatoms. The van der Waals surface area contributed by atoms with Crippen LogP contribution in [-0.4, -0.2) is 11.0 Å². The molecule has 0 saturated heterocycles. The minimum atomic E-state index is -0.264. The molecule has 0 amide bonds. The minimum absolute atomic E-state index is 0.264. The van der Waals surface area contributed by atoms with Gasteiger partial charge in [0.2, 0.25) is 0 Å². The van der Waals surface area contributed by atoms with Crippen LogP contribution in [0.25, 0.3) is 10.9 Å². The summed E-state index contributed by atoms with van der Waals surface area (Å²) in [5.41, 5.74) is 0.574. The van der Waals surface area contributed by atoms with Gasteiger partial charge in [-0.1, -0.05) is 67.4 Å². The first kappa shape index (κ1) is 17.5. The zero-order valence-corrected chi connectivity index (χ0v) is 14.6. The lowest BCUT2D eigenvalue weighted by molar-refractivity contribution is -0.134. The molecule has 2 aromatic rings. The number of fused-ring (bicyclic) bond motifs is 1. The maximum atomic E-state index is 11.9. The van der Waals surface area contributed by atoms with Crippen molar-refractivity contribution in [2.45, 2.75) is 45.4 Å². The molecule has 0 spiro atoms. The molecule has 22 heavy (non-hydrogen) atoms. The van der Waals surface area contributed by atoms with E-state index in [1.165, 1.54) is 12.8 Å². The summed E-state index contributed by atoms with van der Waals surface area (Å²) < 4.78 is 5.39. The molecule has 3 nitrogen and oxygen atoms in total. The topological polar surface area (TPSA) is 42.1 Å². The van der Waals surface area contributed by atoms with Crippen LogP contribution in [0.1, 0.15) is 45.4 Å². The van der Waals surface area contributed by atoms with Gasteiger partial charge >= 0.3 is 5.97 Å². The number of halogens is 3. The van der Waals surface area contributed by atoms with E-state index in [4.69, 9.17) is 39.5 Å². The van der Waals surface area contributed by atoms with Gasteiger partial charge in [-0.05, 0) is 12.5 Å². The number of benzene rings is 1. The number of carbonyl (C=O) groups is 1. The van der Waals surface area contributed by atoms with Crippen LogP contribution in [0.4, 0.5) is 0 Å². The standard InChI is InChI=1S/C16H18Cl3NO2/c1-2-3-4-5-6-7-13(21)22-12-9-20-16-14(12)10(17)8-11(18)15(16)19/h8-9,20H,2-7H2,1H3. The number of aromatic amines is 1. The summed E-state index contributed by atoms with van der Waals surface area (Å²) in [4.78, 5) is 14.9. The molecule has 0 atom stereocenters. The van der Waals surface area contributed by atoms with Crippen molar-refractivity contribution in [3.63, 3.8) is 0 Å². The van der Waals surface area contributed by atoms with E-state index in [0.717, 1.165) is 19.3 Å². The van der Waals surface area contributed by atoms with Crippen LogP contribution in [0, 0.1) is 0 Å². The van der Waals surface area contributed by atoms with Gasteiger partial charge in [-0.3, -0.25) is 4.79 Å². The molecule has 1 aromatic heterocycles. The fourth-order valence-corrected chi connectivity index (χ4v) is 3.07. The summed E-state index contributed by atoms with van der Waals surface area (Å²) in [6, 6.07) is 1.55. The second-order valence-corrected chi connectivity index (χ2v) is 6.39. The van der Waals surface area contributed by atoms with Crippen LogP contribution in [0.3, 0.4) is 0 Å². The second kappa shape index (κ2) is 8.09. The molecular formula is C16H18Cl3NO2. The molecule has 1 N–H and O–H groups in total. The van der Waals surface area contributed by atoms with E-state index in [1.807, 2.05) is 0 Å². The molecule has 0 aliphatic heterocycles. The van der Waals surface area contributed by atoms with Crippen molar-refractivity contribution in [2.75, 3.05) is 0 Å². The average molecular weight is 363 g/mol. The first-order valence-corrected chi connectivity index (χ1v) is 8.53. The lowest BCUT2D eigenvalue weighted by atomic mass is 10.1. The molecule has 120 valence electrons. The number of rotatable bonds is 7. The van der Waals surface area contributed by atoms with Crippen molar-refractivity contribution in [1.82, 2.24) is 4.98 Å². The van der Waals surface area contributed by atoms with Gasteiger partial charge in [0.15, 0.2) is 5.75 Å². The third kappa shape index (κ3) is 4.09. The Morgan fingerprint density at radius 3 is 2.59 bits per heavy atom. The van der Waals surface area contributed by atoms with Crippen molar-refractivity contribution in [1.29, 1.82) is 0 Å². The first-order chi connectivity index (χ1) is 10.5. The lowest BCUT2D eigenvalue weighted by Gasteiger charge is -2.05. The van der Waals surface area contributed by atoms with Crippen molar-refractivity contribution in [3.05, 3.63) is 27.3 Å². The lowest BCUT2D eigenvalue weighted by Crippen LogP contribution is -2.07. The fourth-order valence-electron chi connectivity index (χ4n) is 2.31. The van der Waals surface area contributed by atoms with Crippen LogP contribution in [0.5, 0.6) is 5.75 Å². The van der Waals surface area contributed by atoms with E-state index in [2.05, 4.69) is 11.9 Å². The van der Waals surface area contributed by atoms with Gasteiger partial charge < -0.3 is 9.72 Å². The number of aromatic nitrogens is 1. The number of esters is 1. The Morgan fingerprint density at radius 2 is 1.86 bits per heavy atom. The molecule has 0 fully saturated rings. The smallest absolute Gasteiger partial charge is 0.311 e. The summed E-state index contributed by atoms with van der Waals surface area (Å²) in [6.45, 7) is 2.16. The molecule has 1 heterocycles. The average Bonchev–Trinajstić information content (AvgIpc) is 2.89. The van der Waals surface area contributed by atoms with E-state index in [-0.39, 0.29) is 5.97 Å². The van der Waals surface area contributed by atoms with E-state index in [1.54, 1.807) is 12.3 Å². The molecule has 0 aliphatic carbocycles. The van der Waals surface area contributed by atoms with Crippen LogP contribution in [-0.2, 0) is 4.79 Å². The van der Waals surface area contributed by atoms with Gasteiger partial charge in [-0.25, -0.2) is 0 Å². The molecule has 0 saturated carbocycles. The summed E-state index contributed by atoms with van der Waals surface area (Å²) in [5.74, 6) is 0.122. The molecule has 0 unspecified atom stereocenters. The number of carbonyl (C=O) groups excluding carboxylic acids is 1. The zero-order chi connectivity index (χ0) is 16.1. The Hall–Kier alpha value is -0.900. The van der Waals surface area contributed by atoms with Crippen molar-refractivity contribution in [2.24, 2.45) is 0 Å². The SMILES string of the molecule is CCCCCCCC(=O)Oc1c[nH]c2c(Cl)c(Cl)cc(Cl)c12. The van der Waals surface area contributed by atoms with Crippen molar-refractivity contribution >= 4 is 51.7 Å². The van der Waals surface area contributed by atoms with Crippen LogP contribution in [0.15, 0.2) is 12.3 Å². The Morgan fingerprint density at radius 1 is 1.14 bits per heavy atom. The van der Waals surface area contributed by atoms with Crippen molar-refractivity contribution in [3.8, 4) is 5.75 Å². The second-order valence-electron chi connectivity index (χ2n) is 5.20. The first-order valence-electron chi connectivity index (χ1n) is 7.39. The number of ether oxygens (including phenoxy) is 1. The fraction of sp³-hybridized carbons (Fsp3) is 0.438. The third-order valence-electron chi connectivity index (χ3n) is 3.47. The van der Waals surface area contributed by atoms with E-state index in [0.29, 0.717) is 38.1 Å². The molecule has 1 aromatic carbocycles. The van der Waals surface area contributed by atoms with Crippen LogP contribution < -0.4 is 4.74 Å². The predicted octanol–water partition coefficient (Wildman–Crippen LogP) is 6.39. The molecule has 2 rings (SSSR count). The molecule has 0 bridgehead atoms. The van der Waals surface area contributed by atoms with Gasteiger partial charge in [-0.2, -0.15) is 0 Å². The quantitative estimate of drug-likeness (QED) is 0.352. The highest BCUT2D eigenvalue weighted by molar-refractivity contribution is 6.47. The molecular weight excluding hydrogens is 345 g/mol. The van der Waals surface area contributed by atoms with Gasteiger partial charge in [0.1, 0.15) is 0 Å². The Balaban J connectivity index is 2.03. The summed E-state index contributed by atoms with van der Waals surface area (Å²) in [6.07, 6.45) is 7.38. The maximum Gasteiger partial charge on any atom is 0.311 e. The third-order valence-corrected chi connectivity index (χ3v) is 4.56. The van der Waals surface area contributed by atoms with Crippen LogP contribution >= 0.6 is 34.8 Å². The maximum absolute atomic E-state index is 11.9. The van der Waals surface area contributed by atoms with Gasteiger partial charge in [0.25, 0.3) is 0 Å². The predicted molar refractivity (Wildman–Crippen MR) is 92.3 cm³/mol. The number of H-pyrrole nitrogens is 1. The van der Waals surface area contributed by atoms with Gasteiger partial charge in [0.05, 0.1) is 26.0 Å². The van der Waals surface area contributed by atoms with E-state index in [9.17, 15) is 4.79 Å². The zero-order valence-electron chi connectivity index (χ0n) is 12.3. The van der Waals surface area contributed by atoms with E-state index < -0.39 is 0 Å². The van der Waals surface area contributed by atoms with E-state index >= 15 is 0 Å². The van der Waals surface area contributed by atoms with Crippen LogP contribution in [0.2, 0.25) is 15.1 Å².